The summed E-state index contributed by atoms with van der Waals surface area (Å²) < 4.78 is 0. The van der Waals surface area contributed by atoms with Crippen LogP contribution in [0.15, 0.2) is 24.3 Å². The van der Waals surface area contributed by atoms with Crippen LogP contribution in [0.5, 0.6) is 0 Å². The summed E-state index contributed by atoms with van der Waals surface area (Å²) in [7, 11) is 0. The Hall–Kier alpha value is -0.970. The first-order valence-electron chi connectivity index (χ1n) is 3.98. The van der Waals surface area contributed by atoms with E-state index in [4.69, 9.17) is 18.0 Å². The van der Waals surface area contributed by atoms with Crippen LogP contribution in [0.4, 0.5) is 0 Å². The maximum absolute atomic E-state index is 9.58. The summed E-state index contributed by atoms with van der Waals surface area (Å²) >= 11 is 5.71. The van der Waals surface area contributed by atoms with Crippen LogP contribution in [-0.2, 0) is 6.42 Å². The third-order valence-electron chi connectivity index (χ3n) is 1.77. The van der Waals surface area contributed by atoms with Gasteiger partial charge in [0.05, 0.1) is 0 Å². The average molecular weight is 195 g/mol. The van der Waals surface area contributed by atoms with E-state index in [0.29, 0.717) is 11.4 Å². The lowest BCUT2D eigenvalue weighted by atomic mass is 9.98. The van der Waals surface area contributed by atoms with Crippen LogP contribution in [0, 0.1) is 12.3 Å². The van der Waals surface area contributed by atoms with Crippen molar-refractivity contribution < 1.29 is 5.11 Å². The zero-order valence-corrected chi connectivity index (χ0v) is 8.17. The topological polar surface area (TPSA) is 20.2 Å². The van der Waals surface area contributed by atoms with Crippen molar-refractivity contribution in [1.82, 2.24) is 0 Å². The van der Waals surface area contributed by atoms with Crippen LogP contribution in [0.25, 0.3) is 0 Å². The molecule has 1 unspecified atom stereocenters. The van der Waals surface area contributed by atoms with E-state index in [-0.39, 0.29) is 0 Å². The molecule has 1 nitrogen and oxygen atoms in total. The fourth-order valence-electron chi connectivity index (χ4n) is 1.05. The monoisotopic (exact) mass is 194 g/mol. The van der Waals surface area contributed by atoms with Gasteiger partial charge in [-0.2, -0.15) is 0 Å². The summed E-state index contributed by atoms with van der Waals surface area (Å²) in [6.45, 7) is 1.61. The van der Waals surface area contributed by atoms with Crippen LogP contribution < -0.4 is 0 Å². The zero-order valence-electron chi connectivity index (χ0n) is 7.42. The van der Waals surface area contributed by atoms with Crippen LogP contribution in [-0.4, -0.2) is 10.7 Å². The zero-order chi connectivity index (χ0) is 9.90. The molecule has 2 heteroatoms. The van der Waals surface area contributed by atoms with Gasteiger partial charge in [0.2, 0.25) is 0 Å². The van der Waals surface area contributed by atoms with Crippen molar-refractivity contribution in [3.05, 3.63) is 34.9 Å². The fourth-order valence-corrected chi connectivity index (χ4v) is 1.18. The third kappa shape index (κ3) is 3.10. The number of benzene rings is 1. The first kappa shape index (κ1) is 10.1. The molecule has 0 saturated heterocycles. The molecule has 0 fully saturated rings. The lowest BCUT2D eigenvalue weighted by Gasteiger charge is -2.15. The molecule has 0 aliphatic rings. The highest BCUT2D eigenvalue weighted by atomic mass is 35.5. The Morgan fingerprint density at radius 2 is 2.00 bits per heavy atom. The highest BCUT2D eigenvalue weighted by Crippen LogP contribution is 2.15. The molecule has 1 N–H and O–H groups in total. The number of rotatable bonds is 2. The van der Waals surface area contributed by atoms with Gasteiger partial charge in [-0.15, -0.1) is 6.42 Å². The summed E-state index contributed by atoms with van der Waals surface area (Å²) in [6.07, 6.45) is 5.60. The van der Waals surface area contributed by atoms with Crippen molar-refractivity contribution >= 4 is 11.6 Å². The van der Waals surface area contributed by atoms with E-state index in [1.165, 1.54) is 0 Å². The van der Waals surface area contributed by atoms with Gasteiger partial charge < -0.3 is 5.11 Å². The van der Waals surface area contributed by atoms with Gasteiger partial charge >= 0.3 is 0 Å². The van der Waals surface area contributed by atoms with E-state index in [9.17, 15) is 5.11 Å². The van der Waals surface area contributed by atoms with Gasteiger partial charge in [0.25, 0.3) is 0 Å². The minimum absolute atomic E-state index is 0.445. The molecule has 0 aromatic heterocycles. The van der Waals surface area contributed by atoms with Gasteiger partial charge in [0.1, 0.15) is 5.60 Å². The minimum Gasteiger partial charge on any atom is -0.378 e. The molecule has 1 atom stereocenters. The Balaban J connectivity index is 2.77. The largest absolute Gasteiger partial charge is 0.378 e. The third-order valence-corrected chi connectivity index (χ3v) is 2.02. The van der Waals surface area contributed by atoms with Gasteiger partial charge in [-0.25, -0.2) is 0 Å². The number of terminal acetylenes is 1. The maximum Gasteiger partial charge on any atom is 0.126 e. The van der Waals surface area contributed by atoms with E-state index < -0.39 is 5.60 Å². The van der Waals surface area contributed by atoms with Gasteiger partial charge in [-0.05, 0) is 24.6 Å². The smallest absolute Gasteiger partial charge is 0.126 e. The van der Waals surface area contributed by atoms with Crippen molar-refractivity contribution in [3.63, 3.8) is 0 Å². The fraction of sp³-hybridized carbons (Fsp3) is 0.273. The predicted octanol–water partition coefficient (Wildman–Crippen LogP) is 2.27. The standard InChI is InChI=1S/C11H11ClO/c1-3-11(2,13)8-9-4-6-10(12)7-5-9/h1,4-7,13H,8H2,2H3. The number of aliphatic hydroxyl groups is 1. The molecule has 13 heavy (non-hydrogen) atoms. The normalized spacial score (nSPS) is 14.6. The summed E-state index contributed by atoms with van der Waals surface area (Å²) in [6, 6.07) is 7.27. The Morgan fingerprint density at radius 1 is 1.46 bits per heavy atom. The van der Waals surface area contributed by atoms with E-state index in [0.717, 1.165) is 5.56 Å². The van der Waals surface area contributed by atoms with Gasteiger partial charge in [0.15, 0.2) is 0 Å². The summed E-state index contributed by atoms with van der Waals surface area (Å²) in [5.74, 6) is 2.33. The summed E-state index contributed by atoms with van der Waals surface area (Å²) in [5.41, 5.74) is -0.0965. The highest BCUT2D eigenvalue weighted by molar-refractivity contribution is 6.30. The SMILES string of the molecule is C#CC(C)(O)Cc1ccc(Cl)cc1. The lowest BCUT2D eigenvalue weighted by molar-refractivity contribution is 0.123. The lowest BCUT2D eigenvalue weighted by Crippen LogP contribution is -2.24. The van der Waals surface area contributed by atoms with Crippen molar-refractivity contribution in [2.45, 2.75) is 18.9 Å². The molecule has 1 aromatic carbocycles. The van der Waals surface area contributed by atoms with E-state index in [1.54, 1.807) is 19.1 Å². The molecule has 0 heterocycles. The predicted molar refractivity (Wildman–Crippen MR) is 54.6 cm³/mol. The molecule has 0 amide bonds. The average Bonchev–Trinajstić information content (AvgIpc) is 2.09. The second kappa shape index (κ2) is 3.83. The minimum atomic E-state index is -1.08. The van der Waals surface area contributed by atoms with E-state index in [2.05, 4.69) is 5.92 Å². The quantitative estimate of drug-likeness (QED) is 0.717. The van der Waals surface area contributed by atoms with Crippen molar-refractivity contribution in [2.24, 2.45) is 0 Å². The van der Waals surface area contributed by atoms with Gasteiger partial charge in [-0.1, -0.05) is 29.7 Å². The van der Waals surface area contributed by atoms with Crippen molar-refractivity contribution in [3.8, 4) is 12.3 Å². The molecule has 0 aliphatic carbocycles. The summed E-state index contributed by atoms with van der Waals surface area (Å²) in [4.78, 5) is 0. The molecular formula is C11H11ClO. The molecule has 0 spiro atoms. The molecule has 1 rings (SSSR count). The van der Waals surface area contributed by atoms with E-state index >= 15 is 0 Å². The number of halogens is 1. The van der Waals surface area contributed by atoms with Crippen LogP contribution in [0.3, 0.4) is 0 Å². The Labute approximate surface area is 83.4 Å². The number of hydrogen-bond acceptors (Lipinski definition) is 1. The summed E-state index contributed by atoms with van der Waals surface area (Å²) in [5, 5.41) is 10.3. The first-order valence-corrected chi connectivity index (χ1v) is 4.36. The Kier molecular flexibility index (Phi) is 2.98. The number of hydrogen-bond donors (Lipinski definition) is 1. The Morgan fingerprint density at radius 3 is 2.46 bits per heavy atom. The Bertz CT molecular complexity index is 319. The van der Waals surface area contributed by atoms with Crippen LogP contribution in [0.1, 0.15) is 12.5 Å². The van der Waals surface area contributed by atoms with Gasteiger partial charge in [-0.3, -0.25) is 0 Å². The highest BCUT2D eigenvalue weighted by Gasteiger charge is 2.16. The molecule has 1 aromatic rings. The molecule has 0 saturated carbocycles. The molecule has 0 bridgehead atoms. The first-order chi connectivity index (χ1) is 6.03. The second-order valence-electron chi connectivity index (χ2n) is 3.22. The van der Waals surface area contributed by atoms with Crippen molar-refractivity contribution in [2.75, 3.05) is 0 Å². The van der Waals surface area contributed by atoms with E-state index in [1.807, 2.05) is 12.1 Å². The molecular weight excluding hydrogens is 184 g/mol. The van der Waals surface area contributed by atoms with Gasteiger partial charge in [0, 0.05) is 11.4 Å². The second-order valence-corrected chi connectivity index (χ2v) is 3.66. The van der Waals surface area contributed by atoms with Crippen LogP contribution in [0.2, 0.25) is 5.02 Å². The molecule has 68 valence electrons. The van der Waals surface area contributed by atoms with Crippen molar-refractivity contribution in [1.29, 1.82) is 0 Å². The molecule has 0 aliphatic heterocycles. The molecule has 0 radical (unpaired) electrons. The maximum atomic E-state index is 9.58. The van der Waals surface area contributed by atoms with Crippen LogP contribution >= 0.6 is 11.6 Å².